The summed E-state index contributed by atoms with van der Waals surface area (Å²) >= 11 is 1.51. The second-order valence-electron chi connectivity index (χ2n) is 6.00. The third-order valence-electron chi connectivity index (χ3n) is 4.57. The normalized spacial score (nSPS) is 22.9. The van der Waals surface area contributed by atoms with Gasteiger partial charge in [0, 0.05) is 18.7 Å². The maximum Gasteiger partial charge on any atom is 0.343 e. The van der Waals surface area contributed by atoms with Gasteiger partial charge in [-0.15, -0.1) is 11.8 Å². The number of benzene rings is 1. The van der Waals surface area contributed by atoms with Gasteiger partial charge in [0.05, 0.1) is 22.4 Å². The second-order valence-corrected chi connectivity index (χ2v) is 7.37. The van der Waals surface area contributed by atoms with Crippen molar-refractivity contribution in [2.75, 3.05) is 12.3 Å². The average Bonchev–Trinajstić information content (AvgIpc) is 3.14. The number of para-hydroxylation sites is 2. The summed E-state index contributed by atoms with van der Waals surface area (Å²) in [7, 11) is 0. The van der Waals surface area contributed by atoms with Gasteiger partial charge in [0.15, 0.2) is 4.87 Å². The molecule has 0 N–H and O–H groups in total. The number of hydrogen-bond donors (Lipinski definition) is 0. The lowest BCUT2D eigenvalue weighted by Crippen LogP contribution is -2.46. The number of nitrogens with zero attached hydrogens (tertiary/aromatic N) is 3. The first-order valence-corrected chi connectivity index (χ1v) is 8.93. The van der Waals surface area contributed by atoms with Crippen molar-refractivity contribution in [2.45, 2.75) is 31.2 Å². The number of hydrogen-bond acceptors (Lipinski definition) is 6. The first kappa shape index (κ1) is 15.4. The number of aryl methyl sites for hydroxylation is 1. The monoisotopic (exact) mass is 343 g/mol. The van der Waals surface area contributed by atoms with Crippen LogP contribution in [0.3, 0.4) is 0 Å². The second kappa shape index (κ2) is 5.73. The molecule has 0 spiro atoms. The standard InChI is InChI=1S/C17H17N3O3S/c1-11-14(19-13-5-3-2-4-12(13)18-11)10-23-16(22)17-7-6-15(21)20(17)8-9-24-17/h2-5H,6-10H2,1H3. The van der Waals surface area contributed by atoms with Crippen LogP contribution >= 0.6 is 11.8 Å². The third-order valence-corrected chi connectivity index (χ3v) is 6.03. The van der Waals surface area contributed by atoms with Gasteiger partial charge in [-0.1, -0.05) is 12.1 Å². The van der Waals surface area contributed by atoms with Gasteiger partial charge < -0.3 is 9.64 Å². The number of amides is 1. The lowest BCUT2D eigenvalue weighted by Gasteiger charge is -2.28. The highest BCUT2D eigenvalue weighted by molar-refractivity contribution is 8.01. The Morgan fingerprint density at radius 1 is 1.33 bits per heavy atom. The minimum atomic E-state index is -0.824. The molecule has 1 amide bonds. The quantitative estimate of drug-likeness (QED) is 0.794. The van der Waals surface area contributed by atoms with E-state index in [2.05, 4.69) is 9.97 Å². The molecule has 4 rings (SSSR count). The molecule has 1 atom stereocenters. The van der Waals surface area contributed by atoms with Crippen LogP contribution < -0.4 is 0 Å². The van der Waals surface area contributed by atoms with E-state index in [0.717, 1.165) is 22.5 Å². The van der Waals surface area contributed by atoms with E-state index in [1.807, 2.05) is 31.2 Å². The molecule has 7 heteroatoms. The van der Waals surface area contributed by atoms with E-state index in [1.54, 1.807) is 4.90 Å². The van der Waals surface area contributed by atoms with Gasteiger partial charge in [0.25, 0.3) is 0 Å². The molecule has 2 saturated heterocycles. The zero-order valence-electron chi connectivity index (χ0n) is 13.3. The van der Waals surface area contributed by atoms with Crippen LogP contribution in [0.1, 0.15) is 24.2 Å². The van der Waals surface area contributed by atoms with Gasteiger partial charge >= 0.3 is 5.97 Å². The zero-order valence-corrected chi connectivity index (χ0v) is 14.1. The Hall–Kier alpha value is -2.15. The molecule has 2 aromatic rings. The number of rotatable bonds is 3. The molecule has 1 aromatic carbocycles. The summed E-state index contributed by atoms with van der Waals surface area (Å²) < 4.78 is 5.54. The van der Waals surface area contributed by atoms with Crippen LogP contribution in [0.2, 0.25) is 0 Å². The number of ether oxygens (including phenoxy) is 1. The molecule has 24 heavy (non-hydrogen) atoms. The number of fused-ring (bicyclic) bond motifs is 2. The third kappa shape index (κ3) is 2.34. The molecule has 6 nitrogen and oxygen atoms in total. The Labute approximate surface area is 143 Å². The van der Waals surface area contributed by atoms with Gasteiger partial charge in [-0.2, -0.15) is 0 Å². The molecule has 2 aliphatic rings. The van der Waals surface area contributed by atoms with Crippen molar-refractivity contribution in [3.63, 3.8) is 0 Å². The van der Waals surface area contributed by atoms with Gasteiger partial charge in [0.2, 0.25) is 5.91 Å². The van der Waals surface area contributed by atoms with E-state index in [4.69, 9.17) is 4.74 Å². The number of aromatic nitrogens is 2. The SMILES string of the molecule is Cc1nc2ccccc2nc1COC(=O)C12CCC(=O)N1CCS2. The average molecular weight is 343 g/mol. The number of carbonyl (C=O) groups excluding carboxylic acids is 2. The van der Waals surface area contributed by atoms with Crippen molar-refractivity contribution in [2.24, 2.45) is 0 Å². The predicted molar refractivity (Wildman–Crippen MR) is 90.2 cm³/mol. The van der Waals surface area contributed by atoms with Crippen molar-refractivity contribution < 1.29 is 14.3 Å². The summed E-state index contributed by atoms with van der Waals surface area (Å²) in [6, 6.07) is 7.61. The summed E-state index contributed by atoms with van der Waals surface area (Å²) in [5.74, 6) is 0.471. The Balaban J connectivity index is 1.54. The van der Waals surface area contributed by atoms with Gasteiger partial charge in [-0.25, -0.2) is 14.8 Å². The highest BCUT2D eigenvalue weighted by atomic mass is 32.2. The molecule has 1 unspecified atom stereocenters. The molecule has 0 aliphatic carbocycles. The van der Waals surface area contributed by atoms with Crippen molar-refractivity contribution >= 4 is 34.7 Å². The maximum absolute atomic E-state index is 12.7. The molecule has 1 aromatic heterocycles. The fourth-order valence-electron chi connectivity index (χ4n) is 3.29. The Morgan fingerprint density at radius 2 is 2.08 bits per heavy atom. The van der Waals surface area contributed by atoms with Gasteiger partial charge in [-0.05, 0) is 25.5 Å². The van der Waals surface area contributed by atoms with Crippen LogP contribution in [0.5, 0.6) is 0 Å². The van der Waals surface area contributed by atoms with Crippen LogP contribution in [0.25, 0.3) is 11.0 Å². The smallest absolute Gasteiger partial charge is 0.343 e. The van der Waals surface area contributed by atoms with Crippen LogP contribution in [-0.2, 0) is 20.9 Å². The molecule has 0 saturated carbocycles. The van der Waals surface area contributed by atoms with E-state index >= 15 is 0 Å². The van der Waals surface area contributed by atoms with Gasteiger partial charge in [-0.3, -0.25) is 4.79 Å². The number of carbonyl (C=O) groups is 2. The minimum Gasteiger partial charge on any atom is -0.457 e. The van der Waals surface area contributed by atoms with Crippen molar-refractivity contribution in [3.8, 4) is 0 Å². The highest BCUT2D eigenvalue weighted by Gasteiger charge is 2.55. The first-order chi connectivity index (χ1) is 11.6. The molecule has 2 fully saturated rings. The maximum atomic E-state index is 12.7. The van der Waals surface area contributed by atoms with Crippen LogP contribution in [0.15, 0.2) is 24.3 Å². The van der Waals surface area contributed by atoms with Crippen molar-refractivity contribution in [3.05, 3.63) is 35.7 Å². The molecule has 0 bridgehead atoms. The topological polar surface area (TPSA) is 72.4 Å². The summed E-state index contributed by atoms with van der Waals surface area (Å²) in [6.07, 6.45) is 0.939. The van der Waals surface area contributed by atoms with Crippen LogP contribution in [-0.4, -0.2) is 43.9 Å². The molecule has 3 heterocycles. The predicted octanol–water partition coefficient (Wildman–Crippen LogP) is 2.05. The van der Waals surface area contributed by atoms with Crippen molar-refractivity contribution in [1.29, 1.82) is 0 Å². The van der Waals surface area contributed by atoms with E-state index in [-0.39, 0.29) is 18.5 Å². The highest BCUT2D eigenvalue weighted by Crippen LogP contribution is 2.45. The largest absolute Gasteiger partial charge is 0.457 e. The summed E-state index contributed by atoms with van der Waals surface area (Å²) in [6.45, 7) is 2.55. The number of esters is 1. The minimum absolute atomic E-state index is 0.0404. The Morgan fingerprint density at radius 3 is 2.88 bits per heavy atom. The molecule has 124 valence electrons. The molecular weight excluding hydrogens is 326 g/mol. The summed E-state index contributed by atoms with van der Waals surface area (Å²) in [5, 5.41) is 0. The van der Waals surface area contributed by atoms with Crippen molar-refractivity contribution in [1.82, 2.24) is 14.9 Å². The van der Waals surface area contributed by atoms with Gasteiger partial charge in [0.1, 0.15) is 6.61 Å². The molecule has 2 aliphatic heterocycles. The van der Waals surface area contributed by atoms with E-state index < -0.39 is 4.87 Å². The lowest BCUT2D eigenvalue weighted by molar-refractivity contribution is -0.154. The summed E-state index contributed by atoms with van der Waals surface area (Å²) in [4.78, 5) is 34.5. The molecule has 0 radical (unpaired) electrons. The van der Waals surface area contributed by atoms with E-state index in [0.29, 0.717) is 25.1 Å². The van der Waals surface area contributed by atoms with E-state index in [1.165, 1.54) is 11.8 Å². The first-order valence-electron chi connectivity index (χ1n) is 7.94. The van der Waals surface area contributed by atoms with Crippen LogP contribution in [0, 0.1) is 6.92 Å². The Bertz CT molecular complexity index is 841. The zero-order chi connectivity index (χ0) is 16.7. The fraction of sp³-hybridized carbons (Fsp3) is 0.412. The summed E-state index contributed by atoms with van der Waals surface area (Å²) in [5.41, 5.74) is 3.00. The van der Waals surface area contributed by atoms with Crippen LogP contribution in [0.4, 0.5) is 0 Å². The molecular formula is C17H17N3O3S. The number of thioether (sulfide) groups is 1. The lowest BCUT2D eigenvalue weighted by atomic mass is 10.2. The van der Waals surface area contributed by atoms with E-state index in [9.17, 15) is 9.59 Å². The Kier molecular flexibility index (Phi) is 3.68. The fourth-order valence-corrected chi connectivity index (χ4v) is 4.67.